The number of benzene rings is 12. The molecule has 4 heteroatoms. The summed E-state index contributed by atoms with van der Waals surface area (Å²) in [6.45, 7) is -0.0961. The topological polar surface area (TPSA) is 3.24 Å². The van der Waals surface area contributed by atoms with Crippen LogP contribution in [0, 0.1) is 0 Å². The Morgan fingerprint density at radius 3 is 0.934 bits per heavy atom. The van der Waals surface area contributed by atoms with Gasteiger partial charge in [0.1, 0.15) is 0 Å². The van der Waals surface area contributed by atoms with E-state index in [0.29, 0.717) is 0 Å². The maximum atomic E-state index is 2.67. The fourth-order valence-electron chi connectivity index (χ4n) is 12.8. The van der Waals surface area contributed by atoms with E-state index in [9.17, 15) is 0 Å². The first kappa shape index (κ1) is 44.7. The van der Waals surface area contributed by atoms with Crippen molar-refractivity contribution in [2.45, 2.75) is 39.2 Å². The summed E-state index contributed by atoms with van der Waals surface area (Å²) in [7, 11) is -4.03. The molecule has 12 aromatic carbocycles. The first-order chi connectivity index (χ1) is 37.7. The van der Waals surface area contributed by atoms with E-state index in [2.05, 4.69) is 308 Å². The molecule has 12 aromatic rings. The Labute approximate surface area is 449 Å². The minimum absolute atomic E-state index is 0.0961. The molecule has 0 amide bonds. The molecule has 3 aliphatic heterocycles. The van der Waals surface area contributed by atoms with Crippen molar-refractivity contribution in [3.8, 4) is 44.5 Å². The molecular formula is C72H50BNS2. The van der Waals surface area contributed by atoms with Gasteiger partial charge in [-0.25, -0.2) is 0 Å². The summed E-state index contributed by atoms with van der Waals surface area (Å²) < 4.78 is 0. The smallest absolute Gasteiger partial charge is 0.246 e. The molecule has 0 radical (unpaired) electrons. The van der Waals surface area contributed by atoms with Crippen molar-refractivity contribution in [2.75, 3.05) is 4.90 Å². The van der Waals surface area contributed by atoms with Gasteiger partial charge in [0.15, 0.2) is 0 Å². The molecule has 0 fully saturated rings. The van der Waals surface area contributed by atoms with Gasteiger partial charge in [-0.3, -0.25) is 0 Å². The van der Waals surface area contributed by atoms with Crippen molar-refractivity contribution < 1.29 is 0 Å². The van der Waals surface area contributed by atoms with Crippen LogP contribution in [0.1, 0.15) is 0 Å². The molecule has 1 nitrogen and oxygen atoms in total. The van der Waals surface area contributed by atoms with Crippen LogP contribution in [-0.2, 0) is 0 Å². The summed E-state index contributed by atoms with van der Waals surface area (Å²) in [5.74, 6) is 0. The summed E-state index contributed by atoms with van der Waals surface area (Å²) in [5, 5.41) is 0. The highest BCUT2D eigenvalue weighted by Crippen LogP contribution is 2.82. The van der Waals surface area contributed by atoms with E-state index >= 15 is 0 Å². The molecule has 3 aliphatic rings. The van der Waals surface area contributed by atoms with Gasteiger partial charge in [-0.05, 0) is 152 Å². The van der Waals surface area contributed by atoms with E-state index in [0.717, 1.165) is 5.69 Å². The number of rotatable bonds is 8. The first-order valence-corrected chi connectivity index (χ1v) is 29.5. The summed E-state index contributed by atoms with van der Waals surface area (Å²) in [4.78, 5) is 13.5. The maximum absolute atomic E-state index is 2.67. The summed E-state index contributed by atoms with van der Waals surface area (Å²) in [5.41, 5.74) is 17.5. The van der Waals surface area contributed by atoms with Gasteiger partial charge in [-0.1, -0.05) is 212 Å². The highest BCUT2D eigenvalue weighted by molar-refractivity contribution is 8.34. The molecule has 76 heavy (non-hydrogen) atoms. The van der Waals surface area contributed by atoms with Crippen LogP contribution in [0.5, 0.6) is 0 Å². The normalized spacial score (nSPS) is 14.8. The lowest BCUT2D eigenvalue weighted by Gasteiger charge is -2.43. The molecule has 3 heterocycles. The van der Waals surface area contributed by atoms with E-state index < -0.39 is 20.1 Å². The van der Waals surface area contributed by atoms with Crippen LogP contribution < -0.4 is 21.3 Å². The summed E-state index contributed by atoms with van der Waals surface area (Å²) in [6, 6.07) is 115. The van der Waals surface area contributed by atoms with Gasteiger partial charge >= 0.3 is 0 Å². The second-order valence-electron chi connectivity index (χ2n) is 20.0. The minimum Gasteiger partial charge on any atom is -0.311 e. The third kappa shape index (κ3) is 6.64. The van der Waals surface area contributed by atoms with Crippen molar-refractivity contribution >= 4 is 60.2 Å². The van der Waals surface area contributed by atoms with Gasteiger partial charge in [0.2, 0.25) is 6.71 Å². The highest BCUT2D eigenvalue weighted by Gasteiger charge is 2.48. The Kier molecular flexibility index (Phi) is 10.6. The predicted octanol–water partition coefficient (Wildman–Crippen LogP) is 18.0. The number of nitrogens with zero attached hydrogens (tertiary/aromatic N) is 1. The van der Waals surface area contributed by atoms with Gasteiger partial charge in [-0.2, -0.15) is 0 Å². The van der Waals surface area contributed by atoms with Gasteiger partial charge < -0.3 is 4.90 Å². The molecule has 0 saturated heterocycles. The fraction of sp³-hybridized carbons (Fsp3) is 0. The van der Waals surface area contributed by atoms with Gasteiger partial charge in [0.05, 0.1) is 0 Å². The molecule has 15 rings (SSSR count). The Bertz CT molecular complexity index is 3830. The SMILES string of the molecule is c1ccc(B2c3cc4c(cc3N(c3ccccc3)c3cc5c(cc32)S(c2ccccc2)(c2ccccc2)c2ccc(-c3ccccc3)cc2-5)-c2cc(-c3ccccc3)ccc2S4(c2ccccc2)c2ccccc2)cc1. The van der Waals surface area contributed by atoms with Crippen molar-refractivity contribution in [1.82, 2.24) is 0 Å². The zero-order chi connectivity index (χ0) is 50.2. The number of fused-ring (bicyclic) bond motifs is 8. The zero-order valence-corrected chi connectivity index (χ0v) is 43.3. The van der Waals surface area contributed by atoms with Gasteiger partial charge in [-0.15, -0.1) is 20.1 Å². The maximum Gasteiger partial charge on any atom is 0.246 e. The van der Waals surface area contributed by atoms with Crippen LogP contribution >= 0.6 is 20.1 Å². The Morgan fingerprint density at radius 2 is 0.566 bits per heavy atom. The third-order valence-corrected chi connectivity index (χ3v) is 23.9. The average Bonchev–Trinajstić information content (AvgIpc) is 4.19. The van der Waals surface area contributed by atoms with E-state index in [1.807, 2.05) is 0 Å². The van der Waals surface area contributed by atoms with Crippen LogP contribution in [0.2, 0.25) is 0 Å². The molecule has 0 N–H and O–H groups in total. The summed E-state index contributed by atoms with van der Waals surface area (Å²) in [6.07, 6.45) is 0. The number of hydrogen-bond acceptors (Lipinski definition) is 1. The molecule has 0 saturated carbocycles. The van der Waals surface area contributed by atoms with E-state index in [4.69, 9.17) is 0 Å². The molecule has 0 unspecified atom stereocenters. The number of hydrogen-bond donors (Lipinski definition) is 0. The van der Waals surface area contributed by atoms with Crippen LogP contribution in [0.15, 0.2) is 342 Å². The van der Waals surface area contributed by atoms with Crippen LogP contribution in [-0.4, -0.2) is 6.71 Å². The molecule has 358 valence electrons. The Morgan fingerprint density at radius 1 is 0.250 bits per heavy atom. The molecule has 0 atom stereocenters. The summed E-state index contributed by atoms with van der Waals surface area (Å²) >= 11 is 0. The molecule has 0 aromatic heterocycles. The van der Waals surface area contributed by atoms with E-state index in [-0.39, 0.29) is 6.71 Å². The third-order valence-electron chi connectivity index (χ3n) is 16.0. The van der Waals surface area contributed by atoms with E-state index in [1.165, 1.54) is 111 Å². The quantitative estimate of drug-likeness (QED) is 0.137. The molecule has 0 aliphatic carbocycles. The van der Waals surface area contributed by atoms with Crippen LogP contribution in [0.4, 0.5) is 17.1 Å². The van der Waals surface area contributed by atoms with Crippen molar-refractivity contribution in [3.63, 3.8) is 0 Å². The predicted molar refractivity (Wildman–Crippen MR) is 321 cm³/mol. The largest absolute Gasteiger partial charge is 0.311 e. The zero-order valence-electron chi connectivity index (χ0n) is 41.7. The minimum atomic E-state index is -2.01. The lowest BCUT2D eigenvalue weighted by Crippen LogP contribution is -2.57. The standard InChI is InChI=1S/C72H50BNS2/c1-9-25-51(26-10-1)53-41-43-69-61(45-53)63-47-67-65(49-71(63)75(69,57-33-17-5-18-34-57)58-35-19-6-20-36-58)73(55-29-13-3-14-30-55)66-50-72-64(48-68(66)74(67)56-31-15-4-16-32-56)62-46-54(52-27-11-2-12-28-52)42-44-70(62)76(72,59-37-21-7-22-38-59)60-39-23-8-24-40-60/h1-50H. The average molecular weight is 1000 g/mol. The Balaban J connectivity index is 1.08. The number of para-hydroxylation sites is 1. The van der Waals surface area contributed by atoms with Crippen molar-refractivity contribution in [2.24, 2.45) is 0 Å². The van der Waals surface area contributed by atoms with E-state index in [1.54, 1.807) is 0 Å². The monoisotopic (exact) mass is 1000 g/mol. The second kappa shape index (κ2) is 18.0. The van der Waals surface area contributed by atoms with Gasteiger partial charge in [0, 0.05) is 56.2 Å². The fourth-order valence-corrected chi connectivity index (χ4v) is 21.2. The number of anilines is 3. The first-order valence-electron chi connectivity index (χ1n) is 26.2. The molecule has 0 bridgehead atoms. The molecular weight excluding hydrogens is 954 g/mol. The molecule has 0 spiro atoms. The lowest BCUT2D eigenvalue weighted by molar-refractivity contribution is 1.26. The van der Waals surface area contributed by atoms with Crippen LogP contribution in [0.25, 0.3) is 44.5 Å². The van der Waals surface area contributed by atoms with Crippen molar-refractivity contribution in [1.29, 1.82) is 0 Å². The van der Waals surface area contributed by atoms with Crippen molar-refractivity contribution in [3.05, 3.63) is 303 Å². The van der Waals surface area contributed by atoms with Crippen LogP contribution in [0.3, 0.4) is 0 Å². The Hall–Kier alpha value is -8.80. The van der Waals surface area contributed by atoms with Gasteiger partial charge in [0.25, 0.3) is 0 Å². The highest BCUT2D eigenvalue weighted by atomic mass is 32.3. The lowest BCUT2D eigenvalue weighted by atomic mass is 9.35. The second-order valence-corrected chi connectivity index (χ2v) is 26.1.